The van der Waals surface area contributed by atoms with Crippen LogP contribution in [0, 0.1) is 11.6 Å². The Bertz CT molecular complexity index is 1170. The lowest BCUT2D eigenvalue weighted by Crippen LogP contribution is -2.20. The molecule has 0 saturated heterocycles. The minimum absolute atomic E-state index is 0.176. The molecular weight excluding hydrogens is 460 g/mol. The average Bonchev–Trinajstić information content (AvgIpc) is 2.98. The Balaban J connectivity index is 1.92. The van der Waals surface area contributed by atoms with E-state index in [-0.39, 0.29) is 11.4 Å². The van der Waals surface area contributed by atoms with E-state index in [2.05, 4.69) is 36.4 Å². The molecule has 0 atom stereocenters. The van der Waals surface area contributed by atoms with E-state index in [0.717, 1.165) is 12.1 Å². The van der Waals surface area contributed by atoms with Crippen LogP contribution in [0.15, 0.2) is 29.0 Å². The largest absolute Gasteiger partial charge is 0.320 e. The number of hydrogen-bond donors (Lipinski definition) is 3. The number of nitrogens with zero attached hydrogens (tertiary/aromatic N) is 2. The van der Waals surface area contributed by atoms with Gasteiger partial charge in [0.15, 0.2) is 11.5 Å². The number of nitrogens with one attached hydrogen (secondary N) is 3. The average molecular weight is 474 g/mol. The fraction of sp³-hybridized carbons (Fsp3) is 0.188. The number of halogens is 3. The van der Waals surface area contributed by atoms with Crippen LogP contribution in [0.2, 0.25) is 0 Å². The zero-order valence-corrected chi connectivity index (χ0v) is 16.8. The molecule has 0 unspecified atom stereocenters. The van der Waals surface area contributed by atoms with Crippen molar-refractivity contribution in [3.05, 3.63) is 46.2 Å². The summed E-state index contributed by atoms with van der Waals surface area (Å²) in [5.41, 5.74) is -0.792. The predicted octanol–water partition coefficient (Wildman–Crippen LogP) is 3.40. The molecule has 0 radical (unpaired) electrons. The number of fused-ring (bicyclic) bond motifs is 1. The highest BCUT2D eigenvalue weighted by atomic mass is 79.9. The van der Waals surface area contributed by atoms with Gasteiger partial charge in [-0.2, -0.15) is 5.10 Å². The van der Waals surface area contributed by atoms with E-state index in [0.29, 0.717) is 22.1 Å². The Labute approximate surface area is 166 Å². The smallest absolute Gasteiger partial charge is 0.261 e. The minimum atomic E-state index is -3.81. The third kappa shape index (κ3) is 4.12. The summed E-state index contributed by atoms with van der Waals surface area (Å²) in [6, 6.07) is 3.25. The van der Waals surface area contributed by atoms with Gasteiger partial charge in [0.05, 0.1) is 28.7 Å². The lowest BCUT2D eigenvalue weighted by atomic mass is 10.1. The summed E-state index contributed by atoms with van der Waals surface area (Å²) in [5, 5.41) is 9.44. The first kappa shape index (κ1) is 20.1. The number of benzene rings is 1. The molecule has 1 amide bonds. The van der Waals surface area contributed by atoms with E-state index in [1.807, 2.05) is 4.72 Å². The van der Waals surface area contributed by atoms with E-state index in [9.17, 15) is 22.0 Å². The summed E-state index contributed by atoms with van der Waals surface area (Å²) in [6.45, 7) is 1.64. The number of hydrogen-bond acceptors (Lipinski definition) is 5. The highest BCUT2D eigenvalue weighted by molar-refractivity contribution is 9.10. The fourth-order valence-electron chi connectivity index (χ4n) is 2.46. The van der Waals surface area contributed by atoms with Crippen molar-refractivity contribution in [3.63, 3.8) is 0 Å². The minimum Gasteiger partial charge on any atom is -0.320 e. The summed E-state index contributed by atoms with van der Waals surface area (Å²) in [4.78, 5) is 16.5. The molecule has 28 heavy (non-hydrogen) atoms. The first-order chi connectivity index (χ1) is 13.2. The van der Waals surface area contributed by atoms with Gasteiger partial charge < -0.3 is 5.32 Å². The summed E-state index contributed by atoms with van der Waals surface area (Å²) >= 11 is 3.21. The Morgan fingerprint density at radius 1 is 1.32 bits per heavy atom. The van der Waals surface area contributed by atoms with Crippen molar-refractivity contribution in [2.24, 2.45) is 0 Å². The number of rotatable bonds is 6. The van der Waals surface area contributed by atoms with Gasteiger partial charge in [-0.1, -0.05) is 6.92 Å². The number of aromatic nitrogens is 3. The molecule has 3 aromatic rings. The molecule has 2 heterocycles. The number of sulfonamides is 1. The number of H-pyrrole nitrogens is 1. The van der Waals surface area contributed by atoms with Crippen LogP contribution in [0.1, 0.15) is 23.7 Å². The number of carbonyl (C=O) groups is 1. The van der Waals surface area contributed by atoms with Gasteiger partial charge in [0.1, 0.15) is 16.0 Å². The summed E-state index contributed by atoms with van der Waals surface area (Å²) in [7, 11) is -3.81. The Morgan fingerprint density at radius 3 is 2.79 bits per heavy atom. The molecule has 2 aromatic heterocycles. The molecule has 3 rings (SSSR count). The summed E-state index contributed by atoms with van der Waals surface area (Å²) < 4.78 is 54.9. The number of anilines is 2. The number of carbonyl (C=O) groups excluding carboxylic acids is 1. The second-order valence-electron chi connectivity index (χ2n) is 5.79. The van der Waals surface area contributed by atoms with Gasteiger partial charge in [-0.3, -0.25) is 14.6 Å². The van der Waals surface area contributed by atoms with Gasteiger partial charge in [0.25, 0.3) is 5.91 Å². The SMILES string of the molecule is CCCS(=O)(=O)Nc1ccc(F)c(C(=O)Nc2cnc3[nH]nc(Br)c3c2)c1F. The van der Waals surface area contributed by atoms with Crippen LogP contribution >= 0.6 is 15.9 Å². The van der Waals surface area contributed by atoms with Gasteiger partial charge in [-0.05, 0) is 40.5 Å². The van der Waals surface area contributed by atoms with Gasteiger partial charge in [-0.15, -0.1) is 0 Å². The van der Waals surface area contributed by atoms with E-state index in [1.54, 1.807) is 6.92 Å². The van der Waals surface area contributed by atoms with Crippen molar-refractivity contribution >= 4 is 54.3 Å². The molecule has 148 valence electrons. The third-order valence-electron chi connectivity index (χ3n) is 3.68. The predicted molar refractivity (Wildman–Crippen MR) is 104 cm³/mol. The van der Waals surface area contributed by atoms with Crippen molar-refractivity contribution in [2.75, 3.05) is 15.8 Å². The van der Waals surface area contributed by atoms with Crippen LogP contribution < -0.4 is 10.0 Å². The van der Waals surface area contributed by atoms with Crippen LogP contribution in [-0.2, 0) is 10.0 Å². The van der Waals surface area contributed by atoms with Crippen LogP contribution in [0.25, 0.3) is 11.0 Å². The van der Waals surface area contributed by atoms with Crippen LogP contribution in [0.5, 0.6) is 0 Å². The topological polar surface area (TPSA) is 117 Å². The Kier molecular flexibility index (Phi) is 5.61. The molecule has 12 heteroatoms. The summed E-state index contributed by atoms with van der Waals surface area (Å²) in [6.07, 6.45) is 1.60. The molecule has 1 aromatic carbocycles. The van der Waals surface area contributed by atoms with Gasteiger partial charge in [-0.25, -0.2) is 22.2 Å². The Hall–Kier alpha value is -2.60. The van der Waals surface area contributed by atoms with E-state index >= 15 is 0 Å². The van der Waals surface area contributed by atoms with Gasteiger partial charge >= 0.3 is 0 Å². The van der Waals surface area contributed by atoms with Crippen LogP contribution in [0.4, 0.5) is 20.2 Å². The molecule has 8 nitrogen and oxygen atoms in total. The third-order valence-corrected chi connectivity index (χ3v) is 5.77. The molecule has 0 aliphatic heterocycles. The molecular formula is C16H14BrF2N5O3S. The van der Waals surface area contributed by atoms with E-state index < -0.39 is 38.8 Å². The highest BCUT2D eigenvalue weighted by Crippen LogP contribution is 2.25. The molecule has 0 aliphatic carbocycles. The molecule has 0 fully saturated rings. The van der Waals surface area contributed by atoms with Crippen LogP contribution in [-0.4, -0.2) is 35.3 Å². The first-order valence-corrected chi connectivity index (χ1v) is 10.5. The van der Waals surface area contributed by atoms with Crippen molar-refractivity contribution in [1.82, 2.24) is 15.2 Å². The highest BCUT2D eigenvalue weighted by Gasteiger charge is 2.23. The molecule has 0 spiro atoms. The lowest BCUT2D eigenvalue weighted by molar-refractivity contribution is 0.101. The van der Waals surface area contributed by atoms with Crippen molar-refractivity contribution in [2.45, 2.75) is 13.3 Å². The van der Waals surface area contributed by atoms with Gasteiger partial charge in [0, 0.05) is 0 Å². The normalized spacial score (nSPS) is 11.6. The quantitative estimate of drug-likeness (QED) is 0.507. The Morgan fingerprint density at radius 2 is 2.07 bits per heavy atom. The van der Waals surface area contributed by atoms with E-state index in [1.165, 1.54) is 12.3 Å². The lowest BCUT2D eigenvalue weighted by Gasteiger charge is -2.12. The zero-order valence-electron chi connectivity index (χ0n) is 14.4. The number of aromatic amines is 1. The fourth-order valence-corrected chi connectivity index (χ4v) is 3.99. The zero-order chi connectivity index (χ0) is 20.5. The maximum Gasteiger partial charge on any atom is 0.261 e. The molecule has 0 saturated carbocycles. The first-order valence-electron chi connectivity index (χ1n) is 8.01. The summed E-state index contributed by atoms with van der Waals surface area (Å²) in [5.74, 6) is -3.77. The van der Waals surface area contributed by atoms with E-state index in [4.69, 9.17) is 0 Å². The second kappa shape index (κ2) is 7.80. The molecule has 0 aliphatic rings. The van der Waals surface area contributed by atoms with Crippen molar-refractivity contribution in [3.8, 4) is 0 Å². The molecule has 3 N–H and O–H groups in total. The maximum absolute atomic E-state index is 14.7. The maximum atomic E-state index is 14.7. The standard InChI is InChI=1S/C16H14BrF2N5O3S/c1-2-5-28(26,27)24-11-4-3-10(18)12(13(11)19)16(25)21-8-6-9-14(17)22-23-15(9)20-7-8/h3-4,6-7,24H,2,5H2,1H3,(H,21,25)(H,20,22,23). The van der Waals surface area contributed by atoms with Gasteiger partial charge in [0.2, 0.25) is 10.0 Å². The van der Waals surface area contributed by atoms with Crippen molar-refractivity contribution < 1.29 is 22.0 Å². The number of amides is 1. The second-order valence-corrected chi connectivity index (χ2v) is 8.39. The van der Waals surface area contributed by atoms with Crippen molar-refractivity contribution in [1.29, 1.82) is 0 Å². The monoisotopic (exact) mass is 473 g/mol. The number of pyridine rings is 1. The molecule has 0 bridgehead atoms. The van der Waals surface area contributed by atoms with Crippen LogP contribution in [0.3, 0.4) is 0 Å².